The lowest BCUT2D eigenvalue weighted by molar-refractivity contribution is -0.118. The summed E-state index contributed by atoms with van der Waals surface area (Å²) in [6.07, 6.45) is 2.84. The molecule has 0 unspecified atom stereocenters. The molecule has 0 saturated heterocycles. The van der Waals surface area contributed by atoms with Crippen molar-refractivity contribution < 1.29 is 9.53 Å². The highest BCUT2D eigenvalue weighted by atomic mass is 16.5. The third-order valence-corrected chi connectivity index (χ3v) is 3.03. The molecule has 0 aliphatic carbocycles. The van der Waals surface area contributed by atoms with Gasteiger partial charge in [-0.05, 0) is 50.0 Å². The van der Waals surface area contributed by atoms with Crippen LogP contribution in [0.1, 0.15) is 32.3 Å². The van der Waals surface area contributed by atoms with E-state index in [1.165, 1.54) is 12.5 Å². The second-order valence-electron chi connectivity index (χ2n) is 5.06. The minimum Gasteiger partial charge on any atom is -0.491 e. The van der Waals surface area contributed by atoms with Crippen LogP contribution >= 0.6 is 0 Å². The van der Waals surface area contributed by atoms with Gasteiger partial charge in [0, 0.05) is 13.5 Å². The number of nitrogen functional groups attached to an aromatic ring is 1. The molecule has 0 bridgehead atoms. The van der Waals surface area contributed by atoms with Crippen molar-refractivity contribution in [3.8, 4) is 5.75 Å². The topological polar surface area (TPSA) is 76.4 Å². The van der Waals surface area contributed by atoms with Gasteiger partial charge in [-0.2, -0.15) is 0 Å². The highest BCUT2D eigenvalue weighted by Gasteiger charge is 2.02. The summed E-state index contributed by atoms with van der Waals surface area (Å²) < 4.78 is 5.56. The van der Waals surface area contributed by atoms with Crippen molar-refractivity contribution in [3.63, 3.8) is 0 Å². The second kappa shape index (κ2) is 10.0. The molecule has 0 atom stereocenters. The molecule has 1 aromatic carbocycles. The number of nitrogens with one attached hydrogen (secondary N) is 2. The predicted octanol–water partition coefficient (Wildman–Crippen LogP) is 1.72. The number of amides is 1. The Morgan fingerprint density at radius 3 is 2.76 bits per heavy atom. The summed E-state index contributed by atoms with van der Waals surface area (Å²) in [7, 11) is 0. The number of carbonyl (C=O) groups is 1. The molecule has 0 aromatic heterocycles. The molecule has 5 nitrogen and oxygen atoms in total. The number of nitrogens with two attached hydrogens (primary N) is 1. The van der Waals surface area contributed by atoms with E-state index in [9.17, 15) is 4.79 Å². The Balaban J connectivity index is 2.20. The van der Waals surface area contributed by atoms with Crippen LogP contribution in [-0.4, -0.2) is 32.1 Å². The van der Waals surface area contributed by atoms with Crippen molar-refractivity contribution in [1.29, 1.82) is 0 Å². The van der Waals surface area contributed by atoms with Gasteiger partial charge in [-0.3, -0.25) is 4.79 Å². The third-order valence-electron chi connectivity index (χ3n) is 3.03. The number of hydrogen-bond donors (Lipinski definition) is 3. The van der Waals surface area contributed by atoms with E-state index in [1.807, 2.05) is 12.1 Å². The summed E-state index contributed by atoms with van der Waals surface area (Å²) in [5.74, 6) is 0.791. The Kier molecular flexibility index (Phi) is 8.28. The normalized spacial score (nSPS) is 10.4. The summed E-state index contributed by atoms with van der Waals surface area (Å²) in [4.78, 5) is 10.7. The first-order valence-electron chi connectivity index (χ1n) is 7.59. The van der Waals surface area contributed by atoms with E-state index in [4.69, 9.17) is 10.5 Å². The lowest BCUT2D eigenvalue weighted by Gasteiger charge is -2.10. The zero-order chi connectivity index (χ0) is 15.5. The lowest BCUT2D eigenvalue weighted by atomic mass is 10.1. The van der Waals surface area contributed by atoms with Gasteiger partial charge in [-0.1, -0.05) is 13.0 Å². The van der Waals surface area contributed by atoms with Crippen LogP contribution in [0.4, 0.5) is 5.69 Å². The smallest absolute Gasteiger partial charge is 0.216 e. The van der Waals surface area contributed by atoms with Gasteiger partial charge < -0.3 is 21.1 Å². The fraction of sp³-hybridized carbons (Fsp3) is 0.562. The van der Waals surface area contributed by atoms with Crippen LogP contribution in [0.15, 0.2) is 18.2 Å². The van der Waals surface area contributed by atoms with Crippen LogP contribution in [0, 0.1) is 0 Å². The Bertz CT molecular complexity index is 436. The van der Waals surface area contributed by atoms with Crippen LogP contribution in [0.3, 0.4) is 0 Å². The molecule has 0 heterocycles. The first kappa shape index (κ1) is 17.3. The van der Waals surface area contributed by atoms with E-state index >= 15 is 0 Å². The van der Waals surface area contributed by atoms with E-state index in [0.717, 1.165) is 44.6 Å². The number of anilines is 1. The lowest BCUT2D eigenvalue weighted by Crippen LogP contribution is -2.26. The van der Waals surface area contributed by atoms with Gasteiger partial charge in [-0.15, -0.1) is 0 Å². The molecule has 1 amide bonds. The number of benzene rings is 1. The quantitative estimate of drug-likeness (QED) is 0.453. The monoisotopic (exact) mass is 293 g/mol. The van der Waals surface area contributed by atoms with E-state index in [2.05, 4.69) is 23.6 Å². The zero-order valence-corrected chi connectivity index (χ0v) is 13.1. The zero-order valence-electron chi connectivity index (χ0n) is 13.1. The number of rotatable bonds is 10. The molecule has 0 fully saturated rings. The van der Waals surface area contributed by atoms with Gasteiger partial charge in [0.2, 0.25) is 5.91 Å². The van der Waals surface area contributed by atoms with Gasteiger partial charge in [0.1, 0.15) is 5.75 Å². The number of carbonyl (C=O) groups excluding carboxylic acids is 1. The standard InChI is InChI=1S/C16H27N3O2/c1-3-11-21-16-6-5-14(12-15(16)17)7-10-18-8-4-9-19-13(2)20/h5-6,12,18H,3-4,7-11,17H2,1-2H3,(H,19,20). The molecule has 0 saturated carbocycles. The van der Waals surface area contributed by atoms with Crippen molar-refractivity contribution in [1.82, 2.24) is 10.6 Å². The van der Waals surface area contributed by atoms with Crippen LogP contribution in [-0.2, 0) is 11.2 Å². The summed E-state index contributed by atoms with van der Waals surface area (Å²) >= 11 is 0. The number of ether oxygens (including phenoxy) is 1. The summed E-state index contributed by atoms with van der Waals surface area (Å²) in [6, 6.07) is 5.97. The average molecular weight is 293 g/mol. The molecule has 4 N–H and O–H groups in total. The second-order valence-corrected chi connectivity index (χ2v) is 5.06. The maximum absolute atomic E-state index is 10.7. The minimum atomic E-state index is 0.0239. The van der Waals surface area contributed by atoms with Crippen molar-refractivity contribution in [2.45, 2.75) is 33.1 Å². The Morgan fingerprint density at radius 1 is 1.29 bits per heavy atom. The highest BCUT2D eigenvalue weighted by molar-refractivity contribution is 5.72. The summed E-state index contributed by atoms with van der Waals surface area (Å²) in [5.41, 5.74) is 7.88. The Hall–Kier alpha value is -1.75. The highest BCUT2D eigenvalue weighted by Crippen LogP contribution is 2.22. The third kappa shape index (κ3) is 7.56. The first-order chi connectivity index (χ1) is 10.1. The van der Waals surface area contributed by atoms with Crippen LogP contribution < -0.4 is 21.1 Å². The largest absolute Gasteiger partial charge is 0.491 e. The molecule has 0 spiro atoms. The maximum atomic E-state index is 10.7. The van der Waals surface area contributed by atoms with Gasteiger partial charge in [0.15, 0.2) is 0 Å². The maximum Gasteiger partial charge on any atom is 0.216 e. The first-order valence-corrected chi connectivity index (χ1v) is 7.59. The van der Waals surface area contributed by atoms with Crippen molar-refractivity contribution >= 4 is 11.6 Å². The molecule has 0 aliphatic heterocycles. The van der Waals surface area contributed by atoms with Crippen molar-refractivity contribution in [2.24, 2.45) is 0 Å². The molecule has 21 heavy (non-hydrogen) atoms. The molecule has 118 valence electrons. The van der Waals surface area contributed by atoms with Crippen LogP contribution in [0.25, 0.3) is 0 Å². The molecule has 0 radical (unpaired) electrons. The molecule has 5 heteroatoms. The van der Waals surface area contributed by atoms with E-state index in [-0.39, 0.29) is 5.91 Å². The Morgan fingerprint density at radius 2 is 2.10 bits per heavy atom. The van der Waals surface area contributed by atoms with Gasteiger partial charge in [-0.25, -0.2) is 0 Å². The van der Waals surface area contributed by atoms with Crippen molar-refractivity contribution in [3.05, 3.63) is 23.8 Å². The molecule has 0 aliphatic rings. The van der Waals surface area contributed by atoms with Gasteiger partial charge in [0.25, 0.3) is 0 Å². The molecule has 1 rings (SSSR count). The van der Waals surface area contributed by atoms with Crippen molar-refractivity contribution in [2.75, 3.05) is 32.0 Å². The van der Waals surface area contributed by atoms with Gasteiger partial charge in [0.05, 0.1) is 12.3 Å². The molecular weight excluding hydrogens is 266 g/mol. The van der Waals surface area contributed by atoms with Crippen LogP contribution in [0.5, 0.6) is 5.75 Å². The fourth-order valence-corrected chi connectivity index (χ4v) is 1.93. The average Bonchev–Trinajstić information content (AvgIpc) is 2.45. The van der Waals surface area contributed by atoms with E-state index in [0.29, 0.717) is 12.3 Å². The molecular formula is C16H27N3O2. The minimum absolute atomic E-state index is 0.0239. The fourth-order valence-electron chi connectivity index (χ4n) is 1.93. The summed E-state index contributed by atoms with van der Waals surface area (Å²) in [6.45, 7) is 6.81. The summed E-state index contributed by atoms with van der Waals surface area (Å²) in [5, 5.41) is 6.13. The SMILES string of the molecule is CCCOc1ccc(CCNCCCNC(C)=O)cc1N. The number of hydrogen-bond acceptors (Lipinski definition) is 4. The predicted molar refractivity (Wildman–Crippen MR) is 86.5 cm³/mol. The van der Waals surface area contributed by atoms with Gasteiger partial charge >= 0.3 is 0 Å². The Labute approximate surface area is 127 Å². The van der Waals surface area contributed by atoms with E-state index in [1.54, 1.807) is 0 Å². The van der Waals surface area contributed by atoms with Crippen LogP contribution in [0.2, 0.25) is 0 Å². The molecule has 1 aromatic rings. The van der Waals surface area contributed by atoms with E-state index < -0.39 is 0 Å².